The Hall–Kier alpha value is -3.58. The highest BCUT2D eigenvalue weighted by atomic mass is 32.1. The van der Waals surface area contributed by atoms with Gasteiger partial charge in [-0.2, -0.15) is 5.10 Å². The molecular formula is C25H23N3O3S. The van der Waals surface area contributed by atoms with Gasteiger partial charge in [0.25, 0.3) is 0 Å². The summed E-state index contributed by atoms with van der Waals surface area (Å²) in [7, 11) is 1.67. The van der Waals surface area contributed by atoms with E-state index >= 15 is 0 Å². The Morgan fingerprint density at radius 3 is 2.56 bits per heavy atom. The van der Waals surface area contributed by atoms with Gasteiger partial charge in [-0.1, -0.05) is 36.4 Å². The molecule has 0 spiro atoms. The third-order valence-corrected chi connectivity index (χ3v) is 5.80. The molecule has 1 unspecified atom stereocenters. The lowest BCUT2D eigenvalue weighted by atomic mass is 9.97. The molecule has 6 nitrogen and oxygen atoms in total. The van der Waals surface area contributed by atoms with Crippen molar-refractivity contribution in [3.8, 4) is 17.2 Å². The van der Waals surface area contributed by atoms with E-state index in [1.165, 1.54) is 0 Å². The molecule has 3 aromatic carbocycles. The number of thiocarbonyl (C=S) groups is 1. The maximum absolute atomic E-state index is 5.81. The monoisotopic (exact) mass is 445 g/mol. The fraction of sp³-hybridized carbons (Fsp3) is 0.200. The lowest BCUT2D eigenvalue weighted by Gasteiger charge is -2.26. The fourth-order valence-corrected chi connectivity index (χ4v) is 4.26. The zero-order valence-electron chi connectivity index (χ0n) is 17.7. The molecular weight excluding hydrogens is 422 g/mol. The predicted octanol–water partition coefficient (Wildman–Crippen LogP) is 5.01. The number of nitrogens with one attached hydrogen (secondary N) is 1. The van der Waals surface area contributed by atoms with Gasteiger partial charge in [0.15, 0.2) is 16.6 Å². The van der Waals surface area contributed by atoms with Gasteiger partial charge in [0.05, 0.1) is 18.9 Å². The molecule has 162 valence electrons. The molecule has 5 rings (SSSR count). The fourth-order valence-electron chi connectivity index (χ4n) is 3.97. The molecule has 7 heteroatoms. The minimum absolute atomic E-state index is 0.0885. The average molecular weight is 446 g/mol. The van der Waals surface area contributed by atoms with Crippen molar-refractivity contribution in [2.45, 2.75) is 12.5 Å². The van der Waals surface area contributed by atoms with Crippen LogP contribution in [-0.4, -0.2) is 36.2 Å². The first-order valence-corrected chi connectivity index (χ1v) is 10.9. The van der Waals surface area contributed by atoms with Crippen LogP contribution < -0.4 is 19.5 Å². The molecule has 0 amide bonds. The van der Waals surface area contributed by atoms with E-state index in [0.717, 1.165) is 39.8 Å². The number of benzene rings is 3. The van der Waals surface area contributed by atoms with Crippen molar-refractivity contribution in [2.24, 2.45) is 5.10 Å². The third-order valence-electron chi connectivity index (χ3n) is 5.51. The Kier molecular flexibility index (Phi) is 5.64. The van der Waals surface area contributed by atoms with E-state index in [4.69, 9.17) is 31.5 Å². The number of hydrazone groups is 1. The van der Waals surface area contributed by atoms with Crippen LogP contribution in [0.5, 0.6) is 17.2 Å². The highest BCUT2D eigenvalue weighted by molar-refractivity contribution is 7.80. The second kappa shape index (κ2) is 8.88. The quantitative estimate of drug-likeness (QED) is 0.570. The topological polar surface area (TPSA) is 55.3 Å². The minimum atomic E-state index is -0.0885. The summed E-state index contributed by atoms with van der Waals surface area (Å²) in [6, 6.07) is 23.7. The van der Waals surface area contributed by atoms with Crippen molar-refractivity contribution in [1.29, 1.82) is 0 Å². The van der Waals surface area contributed by atoms with Crippen molar-refractivity contribution in [2.75, 3.05) is 25.6 Å². The van der Waals surface area contributed by atoms with Crippen molar-refractivity contribution in [1.82, 2.24) is 5.01 Å². The number of fused-ring (bicyclic) bond motifs is 1. The van der Waals surface area contributed by atoms with Crippen LogP contribution >= 0.6 is 12.2 Å². The molecule has 2 aliphatic heterocycles. The summed E-state index contributed by atoms with van der Waals surface area (Å²) >= 11 is 5.78. The van der Waals surface area contributed by atoms with Gasteiger partial charge >= 0.3 is 0 Å². The number of hydrogen-bond donors (Lipinski definition) is 1. The molecule has 2 heterocycles. The molecule has 1 atom stereocenters. The summed E-state index contributed by atoms with van der Waals surface area (Å²) in [5.74, 6) is 2.30. The number of hydrogen-bond acceptors (Lipinski definition) is 5. The van der Waals surface area contributed by atoms with Crippen LogP contribution in [0.4, 0.5) is 5.69 Å². The first kappa shape index (κ1) is 20.3. The number of rotatable bonds is 4. The molecule has 2 aliphatic rings. The van der Waals surface area contributed by atoms with E-state index in [1.807, 2.05) is 71.7 Å². The second-order valence-corrected chi connectivity index (χ2v) is 7.90. The molecule has 0 bridgehead atoms. The van der Waals surface area contributed by atoms with E-state index in [-0.39, 0.29) is 6.04 Å². The van der Waals surface area contributed by atoms with Crippen LogP contribution in [0.3, 0.4) is 0 Å². The summed E-state index contributed by atoms with van der Waals surface area (Å²) in [5, 5.41) is 10.6. The third kappa shape index (κ3) is 3.99. The number of methoxy groups -OCH3 is 1. The highest BCUT2D eigenvalue weighted by Gasteiger charge is 2.33. The maximum atomic E-state index is 5.81. The van der Waals surface area contributed by atoms with Crippen molar-refractivity contribution in [3.63, 3.8) is 0 Å². The maximum Gasteiger partial charge on any atom is 0.194 e. The summed E-state index contributed by atoms with van der Waals surface area (Å²) in [5.41, 5.74) is 3.85. The van der Waals surface area contributed by atoms with Gasteiger partial charge in [0, 0.05) is 17.7 Å². The summed E-state index contributed by atoms with van der Waals surface area (Å²) in [4.78, 5) is 0. The lowest BCUT2D eigenvalue weighted by molar-refractivity contribution is 0.171. The molecule has 0 aromatic heterocycles. The Balaban J connectivity index is 1.50. The van der Waals surface area contributed by atoms with Crippen LogP contribution in [0.1, 0.15) is 23.6 Å². The molecule has 0 aliphatic carbocycles. The Labute approximate surface area is 192 Å². The molecule has 32 heavy (non-hydrogen) atoms. The van der Waals surface area contributed by atoms with Crippen LogP contribution in [0.25, 0.3) is 0 Å². The molecule has 1 N–H and O–H groups in total. The van der Waals surface area contributed by atoms with E-state index in [9.17, 15) is 0 Å². The van der Waals surface area contributed by atoms with Crippen molar-refractivity contribution >= 4 is 28.7 Å². The van der Waals surface area contributed by atoms with Crippen LogP contribution in [-0.2, 0) is 0 Å². The normalized spacial score (nSPS) is 17.0. The molecule has 3 aromatic rings. The largest absolute Gasteiger partial charge is 0.496 e. The number of ether oxygens (including phenoxy) is 3. The molecule has 0 radical (unpaired) electrons. The number of anilines is 1. The number of nitrogens with zero attached hydrogens (tertiary/aromatic N) is 2. The Morgan fingerprint density at radius 1 is 1.00 bits per heavy atom. The molecule has 0 saturated carbocycles. The van der Waals surface area contributed by atoms with Gasteiger partial charge in [0.1, 0.15) is 19.0 Å². The zero-order valence-corrected chi connectivity index (χ0v) is 18.5. The van der Waals surface area contributed by atoms with Gasteiger partial charge in [-0.25, -0.2) is 5.01 Å². The smallest absolute Gasteiger partial charge is 0.194 e. The minimum Gasteiger partial charge on any atom is -0.496 e. The van der Waals surface area contributed by atoms with Crippen LogP contribution in [0.2, 0.25) is 0 Å². The predicted molar refractivity (Wildman–Crippen MR) is 129 cm³/mol. The SMILES string of the molecule is COc1ccccc1C1=NN(C(=S)Nc2ccccc2)C(c2ccc3c(c2)OCCO3)C1. The molecule has 0 fully saturated rings. The van der Waals surface area contributed by atoms with Crippen LogP contribution in [0.15, 0.2) is 77.9 Å². The Bertz CT molecular complexity index is 1170. The van der Waals surface area contributed by atoms with Crippen molar-refractivity contribution < 1.29 is 14.2 Å². The summed E-state index contributed by atoms with van der Waals surface area (Å²) in [6.07, 6.45) is 0.677. The molecule has 0 saturated heterocycles. The lowest BCUT2D eigenvalue weighted by Crippen LogP contribution is -2.31. The highest BCUT2D eigenvalue weighted by Crippen LogP contribution is 2.39. The van der Waals surface area contributed by atoms with Gasteiger partial charge in [-0.3, -0.25) is 0 Å². The average Bonchev–Trinajstić information content (AvgIpc) is 3.30. The van der Waals surface area contributed by atoms with Crippen LogP contribution in [0, 0.1) is 0 Å². The summed E-state index contributed by atoms with van der Waals surface area (Å²) < 4.78 is 17.1. The van der Waals surface area contributed by atoms with E-state index in [1.54, 1.807) is 7.11 Å². The zero-order chi connectivity index (χ0) is 21.9. The van der Waals surface area contributed by atoms with Crippen molar-refractivity contribution in [3.05, 3.63) is 83.9 Å². The van der Waals surface area contributed by atoms with Gasteiger partial charge in [0.2, 0.25) is 0 Å². The standard InChI is InChI=1S/C25H23N3O3S/c1-29-22-10-6-5-9-19(22)20-16-21(17-11-12-23-24(15-17)31-14-13-30-23)28(27-20)25(32)26-18-7-3-2-4-8-18/h2-12,15,21H,13-14,16H2,1H3,(H,26,32). The first-order valence-electron chi connectivity index (χ1n) is 10.5. The van der Waals surface area contributed by atoms with E-state index < -0.39 is 0 Å². The number of para-hydroxylation sites is 2. The van der Waals surface area contributed by atoms with E-state index in [0.29, 0.717) is 24.7 Å². The van der Waals surface area contributed by atoms with E-state index in [2.05, 4.69) is 11.4 Å². The second-order valence-electron chi connectivity index (χ2n) is 7.51. The van der Waals surface area contributed by atoms with Gasteiger partial charge < -0.3 is 19.5 Å². The van der Waals surface area contributed by atoms with Gasteiger partial charge in [-0.05, 0) is 54.2 Å². The Morgan fingerprint density at radius 2 is 1.75 bits per heavy atom. The van der Waals surface area contributed by atoms with Gasteiger partial charge in [-0.15, -0.1) is 0 Å². The summed E-state index contributed by atoms with van der Waals surface area (Å²) in [6.45, 7) is 1.11. The first-order chi connectivity index (χ1) is 15.7.